The van der Waals surface area contributed by atoms with Crippen LogP contribution in [0.1, 0.15) is 76.2 Å². The van der Waals surface area contributed by atoms with Gasteiger partial charge in [0.15, 0.2) is 5.69 Å². The van der Waals surface area contributed by atoms with Crippen molar-refractivity contribution in [1.29, 1.82) is 0 Å². The Balaban J connectivity index is 1.57. The van der Waals surface area contributed by atoms with Gasteiger partial charge in [-0.25, -0.2) is 0 Å². The lowest BCUT2D eigenvalue weighted by molar-refractivity contribution is -0.125. The second-order valence-electron chi connectivity index (χ2n) is 10.1. The van der Waals surface area contributed by atoms with E-state index in [0.717, 1.165) is 30.3 Å². The molecule has 0 unspecified atom stereocenters. The second kappa shape index (κ2) is 8.40. The number of rotatable bonds is 6. The lowest BCUT2D eigenvalue weighted by Crippen LogP contribution is -2.54. The Labute approximate surface area is 178 Å². The van der Waals surface area contributed by atoms with Gasteiger partial charge < -0.3 is 10.6 Å². The Hall–Kier alpha value is -2.37. The van der Waals surface area contributed by atoms with Crippen molar-refractivity contribution < 1.29 is 9.59 Å². The molecule has 1 aromatic carbocycles. The highest BCUT2D eigenvalue weighted by Gasteiger charge is 2.36. The van der Waals surface area contributed by atoms with Crippen molar-refractivity contribution in [2.45, 2.75) is 84.3 Å². The fraction of sp³-hybridized carbons (Fsp3) is 0.625. The zero-order chi connectivity index (χ0) is 21.3. The first-order valence-electron chi connectivity index (χ1n) is 11.4. The smallest absolute Gasteiger partial charge is 0.273 e. The number of para-hydroxylation sites is 1. The third-order valence-electron chi connectivity index (χ3n) is 6.36. The quantitative estimate of drug-likeness (QED) is 0.755. The fourth-order valence-electron chi connectivity index (χ4n) is 4.44. The summed E-state index contributed by atoms with van der Waals surface area (Å²) in [5.74, 6) is 0.230. The summed E-state index contributed by atoms with van der Waals surface area (Å²) in [6, 6.07) is 7.56. The van der Waals surface area contributed by atoms with E-state index < -0.39 is 11.5 Å². The summed E-state index contributed by atoms with van der Waals surface area (Å²) in [7, 11) is 0. The highest BCUT2D eigenvalue weighted by molar-refractivity contribution is 6.06. The molecule has 30 heavy (non-hydrogen) atoms. The summed E-state index contributed by atoms with van der Waals surface area (Å²) in [6.07, 6.45) is 8.37. The predicted molar refractivity (Wildman–Crippen MR) is 118 cm³/mol. The van der Waals surface area contributed by atoms with Gasteiger partial charge in [-0.15, -0.1) is 0 Å². The standard InChI is InChI=1S/C24H34N4O2/c1-24(2,3)21(23(30)25-17-13-14-17)26-22(29)20-18-11-7-8-12-19(18)28(27-20)15-16-9-5-4-6-10-16/h7-8,11-12,16-17,21H,4-6,9-10,13-15H2,1-3H3,(H,25,30)(H,26,29)/t21-/m1/s1. The van der Waals surface area contributed by atoms with Gasteiger partial charge in [-0.3, -0.25) is 14.3 Å². The summed E-state index contributed by atoms with van der Waals surface area (Å²) in [5.41, 5.74) is 1.01. The average Bonchev–Trinajstić information content (AvgIpc) is 3.45. The molecule has 2 aromatic rings. The minimum absolute atomic E-state index is 0.107. The molecule has 2 amide bonds. The minimum atomic E-state index is -0.604. The van der Waals surface area contributed by atoms with E-state index in [4.69, 9.17) is 5.10 Å². The number of nitrogens with zero attached hydrogens (tertiary/aromatic N) is 2. The second-order valence-corrected chi connectivity index (χ2v) is 10.1. The summed E-state index contributed by atoms with van der Waals surface area (Å²) in [4.78, 5) is 26.0. The van der Waals surface area contributed by atoms with Crippen molar-refractivity contribution in [3.8, 4) is 0 Å². The highest BCUT2D eigenvalue weighted by Crippen LogP contribution is 2.28. The molecule has 1 atom stereocenters. The Kier molecular flexibility index (Phi) is 5.85. The maximum absolute atomic E-state index is 13.3. The third kappa shape index (κ3) is 4.68. The van der Waals surface area contributed by atoms with Crippen LogP contribution in [-0.4, -0.2) is 33.7 Å². The molecule has 162 valence electrons. The Morgan fingerprint density at radius 1 is 1.10 bits per heavy atom. The third-order valence-corrected chi connectivity index (χ3v) is 6.36. The lowest BCUT2D eigenvalue weighted by atomic mass is 9.86. The van der Waals surface area contributed by atoms with Crippen molar-refractivity contribution in [2.75, 3.05) is 0 Å². The number of carbonyl (C=O) groups is 2. The van der Waals surface area contributed by atoms with Crippen LogP contribution < -0.4 is 10.6 Å². The molecule has 6 heteroatoms. The van der Waals surface area contributed by atoms with E-state index in [2.05, 4.69) is 10.6 Å². The fourth-order valence-corrected chi connectivity index (χ4v) is 4.44. The van der Waals surface area contributed by atoms with Crippen molar-refractivity contribution in [2.24, 2.45) is 11.3 Å². The Morgan fingerprint density at radius 2 is 1.80 bits per heavy atom. The van der Waals surface area contributed by atoms with E-state index in [-0.39, 0.29) is 17.9 Å². The maximum Gasteiger partial charge on any atom is 0.273 e. The molecule has 0 bridgehead atoms. The Morgan fingerprint density at radius 3 is 2.47 bits per heavy atom. The number of carbonyl (C=O) groups excluding carboxylic acids is 2. The molecule has 2 N–H and O–H groups in total. The van der Waals surface area contributed by atoms with E-state index in [9.17, 15) is 9.59 Å². The van der Waals surface area contributed by atoms with Gasteiger partial charge in [-0.2, -0.15) is 5.10 Å². The predicted octanol–water partition coefficient (Wildman–Crippen LogP) is 4.04. The molecule has 6 nitrogen and oxygen atoms in total. The maximum atomic E-state index is 13.3. The van der Waals surface area contributed by atoms with Gasteiger partial charge >= 0.3 is 0 Å². The monoisotopic (exact) mass is 410 g/mol. The molecular weight excluding hydrogens is 376 g/mol. The topological polar surface area (TPSA) is 76.0 Å². The molecule has 2 fully saturated rings. The number of hydrogen-bond acceptors (Lipinski definition) is 3. The highest BCUT2D eigenvalue weighted by atomic mass is 16.2. The molecule has 2 aliphatic rings. The SMILES string of the molecule is CC(C)(C)[C@H](NC(=O)c1nn(CC2CCCCC2)c2ccccc12)C(=O)NC1CC1. The van der Waals surface area contributed by atoms with Crippen molar-refractivity contribution in [3.05, 3.63) is 30.0 Å². The molecule has 1 aromatic heterocycles. The molecule has 0 saturated heterocycles. The number of aromatic nitrogens is 2. The molecule has 1 heterocycles. The summed E-state index contributed by atoms with van der Waals surface area (Å²) < 4.78 is 2.00. The first kappa shape index (κ1) is 20.9. The van der Waals surface area contributed by atoms with Crippen LogP contribution in [0.3, 0.4) is 0 Å². The van der Waals surface area contributed by atoms with Crippen LogP contribution in [0.2, 0.25) is 0 Å². The average molecular weight is 411 g/mol. The van der Waals surface area contributed by atoms with Gasteiger partial charge in [-0.05, 0) is 43.1 Å². The normalized spacial score (nSPS) is 18.9. The van der Waals surface area contributed by atoms with Crippen LogP contribution in [0.25, 0.3) is 10.9 Å². The Bertz CT molecular complexity index is 917. The van der Waals surface area contributed by atoms with Gasteiger partial charge in [0.25, 0.3) is 5.91 Å². The van der Waals surface area contributed by atoms with Crippen LogP contribution >= 0.6 is 0 Å². The number of amides is 2. The molecule has 4 rings (SSSR count). The number of benzene rings is 1. The lowest BCUT2D eigenvalue weighted by Gasteiger charge is -2.30. The van der Waals surface area contributed by atoms with Crippen molar-refractivity contribution in [3.63, 3.8) is 0 Å². The zero-order valence-corrected chi connectivity index (χ0v) is 18.4. The summed E-state index contributed by atoms with van der Waals surface area (Å²) in [6.45, 7) is 6.78. The van der Waals surface area contributed by atoms with Crippen molar-refractivity contribution in [1.82, 2.24) is 20.4 Å². The molecule has 0 aliphatic heterocycles. The summed E-state index contributed by atoms with van der Waals surface area (Å²) >= 11 is 0. The molecular formula is C24H34N4O2. The van der Waals surface area contributed by atoms with Gasteiger partial charge in [0, 0.05) is 18.0 Å². The summed E-state index contributed by atoms with van der Waals surface area (Å²) in [5, 5.41) is 11.6. The van der Waals surface area contributed by atoms with E-state index >= 15 is 0 Å². The van der Waals surface area contributed by atoms with Gasteiger partial charge in [0.1, 0.15) is 6.04 Å². The molecule has 0 spiro atoms. The minimum Gasteiger partial charge on any atom is -0.352 e. The van der Waals surface area contributed by atoms with Gasteiger partial charge in [0.05, 0.1) is 5.52 Å². The first-order valence-corrected chi connectivity index (χ1v) is 11.4. The van der Waals surface area contributed by atoms with Gasteiger partial charge in [-0.1, -0.05) is 58.2 Å². The van der Waals surface area contributed by atoms with Crippen molar-refractivity contribution >= 4 is 22.7 Å². The van der Waals surface area contributed by atoms with Crippen LogP contribution in [0.15, 0.2) is 24.3 Å². The zero-order valence-electron chi connectivity index (χ0n) is 18.4. The first-order chi connectivity index (χ1) is 14.3. The number of fused-ring (bicyclic) bond motifs is 1. The number of nitrogens with one attached hydrogen (secondary N) is 2. The number of hydrogen-bond donors (Lipinski definition) is 2. The van der Waals surface area contributed by atoms with Crippen LogP contribution in [0.5, 0.6) is 0 Å². The van der Waals surface area contributed by atoms with Gasteiger partial charge in [0.2, 0.25) is 5.91 Å². The van der Waals surface area contributed by atoms with E-state index in [1.807, 2.05) is 49.7 Å². The van der Waals surface area contributed by atoms with E-state index in [0.29, 0.717) is 11.6 Å². The van der Waals surface area contributed by atoms with Crippen LogP contribution in [0, 0.1) is 11.3 Å². The van der Waals surface area contributed by atoms with E-state index in [1.54, 1.807) is 0 Å². The molecule has 2 saturated carbocycles. The van der Waals surface area contributed by atoms with E-state index in [1.165, 1.54) is 32.1 Å². The van der Waals surface area contributed by atoms with Crippen LogP contribution in [0.4, 0.5) is 0 Å². The molecule has 2 aliphatic carbocycles. The largest absolute Gasteiger partial charge is 0.352 e. The molecule has 0 radical (unpaired) electrons. The van der Waals surface area contributed by atoms with Crippen LogP contribution in [-0.2, 0) is 11.3 Å².